The van der Waals surface area contributed by atoms with Gasteiger partial charge in [-0.25, -0.2) is 4.98 Å². The molecule has 10 heteroatoms. The van der Waals surface area contributed by atoms with Gasteiger partial charge in [-0.15, -0.1) is 0 Å². The molecule has 2 saturated heterocycles. The van der Waals surface area contributed by atoms with Gasteiger partial charge in [-0.2, -0.15) is 0 Å². The molecule has 2 fully saturated rings. The van der Waals surface area contributed by atoms with Gasteiger partial charge < -0.3 is 24.7 Å². The monoisotopic (exact) mass is 537 g/mol. The number of fused-ring (bicyclic) bond motifs is 8. The fourth-order valence-electron chi connectivity index (χ4n) is 6.42. The minimum Gasteiger partial charge on any atom is -0.493 e. The number of aromatic amines is 1. The summed E-state index contributed by atoms with van der Waals surface area (Å²) >= 11 is 0. The zero-order valence-corrected chi connectivity index (χ0v) is 23.1. The summed E-state index contributed by atoms with van der Waals surface area (Å²) in [7, 11) is 1.65. The van der Waals surface area contributed by atoms with Crippen LogP contribution in [0.4, 0.5) is 0 Å². The zero-order valence-electron chi connectivity index (χ0n) is 23.1. The smallest absolute Gasteiger partial charge is 0.254 e. The van der Waals surface area contributed by atoms with E-state index in [1.807, 2.05) is 6.07 Å². The Hall–Kier alpha value is -3.40. The number of rotatable bonds is 3. The number of benzene rings is 1. The highest BCUT2D eigenvalue weighted by Crippen LogP contribution is 2.46. The molecule has 3 aliphatic rings. The number of aryl methyl sites for hydroxylation is 2. The standard InChI is InChI=1S/C29H39N5O5/c1-18-22(29(37)32-19(2)31-18)15-28(36)33-10-4-5-12-39-26-14-20(8-9-25(26)38-3)24-13-21(16-30-27(35)17-33)23-7-6-11-34(23)24/h8-9,14,21,23-24H,4-7,10-13,15-17H2,1-3H3,(H,30,35)(H,31,32,37)/t21-,23+,24-/m1/s1. The number of aromatic nitrogens is 2. The van der Waals surface area contributed by atoms with E-state index in [4.69, 9.17) is 9.47 Å². The van der Waals surface area contributed by atoms with Crippen molar-refractivity contribution in [1.29, 1.82) is 0 Å². The second kappa shape index (κ2) is 11.8. The Labute approximate surface area is 229 Å². The normalized spacial score (nSPS) is 24.1. The topological polar surface area (TPSA) is 117 Å². The molecule has 0 saturated carbocycles. The van der Waals surface area contributed by atoms with E-state index in [1.54, 1.807) is 25.9 Å². The summed E-state index contributed by atoms with van der Waals surface area (Å²) in [6.45, 7) is 5.90. The summed E-state index contributed by atoms with van der Waals surface area (Å²) in [6.07, 6.45) is 4.50. The minimum absolute atomic E-state index is 0.0344. The van der Waals surface area contributed by atoms with Gasteiger partial charge in [0.1, 0.15) is 5.82 Å². The quantitative estimate of drug-likeness (QED) is 0.617. The maximum Gasteiger partial charge on any atom is 0.254 e. The van der Waals surface area contributed by atoms with E-state index < -0.39 is 0 Å². The lowest BCUT2D eigenvalue weighted by molar-refractivity contribution is -0.135. The summed E-state index contributed by atoms with van der Waals surface area (Å²) in [5.74, 6) is 1.87. The van der Waals surface area contributed by atoms with E-state index in [2.05, 4.69) is 32.3 Å². The summed E-state index contributed by atoms with van der Waals surface area (Å²) in [5, 5.41) is 3.12. The SMILES string of the molecule is COc1ccc2cc1OCCCCN(C(=O)Cc1c(C)nc(C)[nH]c1=O)CC(=O)NC[C@H]1C[C@H]2N2CCC[C@@H]12. The van der Waals surface area contributed by atoms with E-state index in [0.717, 1.165) is 31.6 Å². The molecular weight excluding hydrogens is 498 g/mol. The highest BCUT2D eigenvalue weighted by molar-refractivity contribution is 5.85. The van der Waals surface area contributed by atoms with E-state index in [9.17, 15) is 14.4 Å². The fourth-order valence-corrected chi connectivity index (χ4v) is 6.42. The van der Waals surface area contributed by atoms with Crippen LogP contribution in [0.2, 0.25) is 0 Å². The van der Waals surface area contributed by atoms with Gasteiger partial charge in [0, 0.05) is 36.4 Å². The third-order valence-corrected chi connectivity index (χ3v) is 8.38. The number of hydrogen-bond donors (Lipinski definition) is 2. The van der Waals surface area contributed by atoms with Crippen LogP contribution in [-0.4, -0.2) is 77.5 Å². The van der Waals surface area contributed by atoms with Crippen LogP contribution in [0.3, 0.4) is 0 Å². The molecular formula is C29H39N5O5. The van der Waals surface area contributed by atoms with E-state index in [1.165, 1.54) is 5.56 Å². The number of ether oxygens (including phenoxy) is 2. The first kappa shape index (κ1) is 27.2. The van der Waals surface area contributed by atoms with Gasteiger partial charge in [0.25, 0.3) is 5.56 Å². The minimum atomic E-state index is -0.311. The molecule has 4 bridgehead atoms. The van der Waals surface area contributed by atoms with Gasteiger partial charge in [-0.3, -0.25) is 19.3 Å². The molecule has 39 heavy (non-hydrogen) atoms. The van der Waals surface area contributed by atoms with E-state index >= 15 is 0 Å². The van der Waals surface area contributed by atoms with Crippen LogP contribution in [0.15, 0.2) is 23.0 Å². The molecule has 0 radical (unpaired) electrons. The highest BCUT2D eigenvalue weighted by Gasteiger charge is 2.44. The van der Waals surface area contributed by atoms with Crippen LogP contribution in [0.25, 0.3) is 0 Å². The molecule has 3 atom stereocenters. The van der Waals surface area contributed by atoms with Crippen LogP contribution in [0.5, 0.6) is 11.5 Å². The first-order valence-electron chi connectivity index (χ1n) is 14.0. The third-order valence-electron chi connectivity index (χ3n) is 8.38. The second-order valence-electron chi connectivity index (χ2n) is 10.9. The molecule has 1 aromatic carbocycles. The molecule has 2 amide bonds. The number of amides is 2. The first-order chi connectivity index (χ1) is 18.8. The van der Waals surface area contributed by atoms with Crippen LogP contribution >= 0.6 is 0 Å². The molecule has 0 unspecified atom stereocenters. The molecule has 0 spiro atoms. The van der Waals surface area contributed by atoms with Crippen molar-refractivity contribution in [3.8, 4) is 11.5 Å². The maximum atomic E-state index is 13.3. The van der Waals surface area contributed by atoms with Gasteiger partial charge in [0.2, 0.25) is 11.8 Å². The lowest BCUT2D eigenvalue weighted by atomic mass is 9.94. The molecule has 4 heterocycles. The molecule has 5 rings (SSSR count). The number of methoxy groups -OCH3 is 1. The fraction of sp³-hybridized carbons (Fsp3) is 0.586. The lowest BCUT2D eigenvalue weighted by Crippen LogP contribution is -2.44. The lowest BCUT2D eigenvalue weighted by Gasteiger charge is -2.25. The first-order valence-corrected chi connectivity index (χ1v) is 14.0. The van der Waals surface area contributed by atoms with Crippen molar-refractivity contribution >= 4 is 11.8 Å². The summed E-state index contributed by atoms with van der Waals surface area (Å²) in [5.41, 5.74) is 1.79. The number of hydrogen-bond acceptors (Lipinski definition) is 7. The number of nitrogens with zero attached hydrogens (tertiary/aromatic N) is 3. The van der Waals surface area contributed by atoms with E-state index in [0.29, 0.717) is 67.3 Å². The molecule has 210 valence electrons. The predicted molar refractivity (Wildman–Crippen MR) is 146 cm³/mol. The average molecular weight is 538 g/mol. The van der Waals surface area contributed by atoms with Crippen LogP contribution in [0.1, 0.15) is 60.8 Å². The largest absolute Gasteiger partial charge is 0.493 e. The molecule has 2 aromatic rings. The van der Waals surface area contributed by atoms with Crippen molar-refractivity contribution in [2.75, 3.05) is 39.9 Å². The molecule has 2 N–H and O–H groups in total. The number of H-pyrrole nitrogens is 1. The van der Waals surface area contributed by atoms with Gasteiger partial charge in [-0.05, 0) is 76.1 Å². The summed E-state index contributed by atoms with van der Waals surface area (Å²) in [6, 6.07) is 6.94. The summed E-state index contributed by atoms with van der Waals surface area (Å²) in [4.78, 5) is 50.0. The second-order valence-corrected chi connectivity index (χ2v) is 10.9. The number of carbonyl (C=O) groups excluding carboxylic acids is 2. The van der Waals surface area contributed by atoms with Crippen LogP contribution in [-0.2, 0) is 16.0 Å². The van der Waals surface area contributed by atoms with Gasteiger partial charge >= 0.3 is 0 Å². The van der Waals surface area contributed by atoms with Crippen molar-refractivity contribution in [2.45, 2.75) is 64.5 Å². The van der Waals surface area contributed by atoms with Gasteiger partial charge in [0.05, 0.1) is 26.7 Å². The van der Waals surface area contributed by atoms with Crippen molar-refractivity contribution in [3.63, 3.8) is 0 Å². The van der Waals surface area contributed by atoms with Crippen LogP contribution < -0.4 is 20.3 Å². The number of carbonyl (C=O) groups is 2. The van der Waals surface area contributed by atoms with Crippen molar-refractivity contribution < 1.29 is 19.1 Å². The van der Waals surface area contributed by atoms with Crippen LogP contribution in [0, 0.1) is 19.8 Å². The predicted octanol–water partition coefficient (Wildman–Crippen LogP) is 2.28. The Kier molecular flexibility index (Phi) is 8.20. The van der Waals surface area contributed by atoms with Gasteiger partial charge in [0.15, 0.2) is 11.5 Å². The Balaban J connectivity index is 1.35. The maximum absolute atomic E-state index is 13.3. The Morgan fingerprint density at radius 3 is 2.82 bits per heavy atom. The van der Waals surface area contributed by atoms with Crippen molar-refractivity contribution in [3.05, 3.63) is 51.2 Å². The van der Waals surface area contributed by atoms with E-state index in [-0.39, 0.29) is 36.4 Å². The zero-order chi connectivity index (χ0) is 27.5. The van der Waals surface area contributed by atoms with Crippen molar-refractivity contribution in [1.82, 2.24) is 25.1 Å². The summed E-state index contributed by atoms with van der Waals surface area (Å²) < 4.78 is 11.7. The third kappa shape index (κ3) is 5.95. The Morgan fingerprint density at radius 2 is 2.03 bits per heavy atom. The molecule has 10 nitrogen and oxygen atoms in total. The number of nitrogens with one attached hydrogen (secondary N) is 2. The molecule has 0 aliphatic carbocycles. The molecule has 1 aromatic heterocycles. The highest BCUT2D eigenvalue weighted by atomic mass is 16.5. The average Bonchev–Trinajstić information content (AvgIpc) is 3.51. The van der Waals surface area contributed by atoms with Gasteiger partial charge in [-0.1, -0.05) is 6.07 Å². The molecule has 3 aliphatic heterocycles. The van der Waals surface area contributed by atoms with Crippen molar-refractivity contribution in [2.24, 2.45) is 5.92 Å². The Bertz CT molecular complexity index is 1280. The Morgan fingerprint density at radius 1 is 1.18 bits per heavy atom.